The van der Waals surface area contributed by atoms with Crippen molar-refractivity contribution < 1.29 is 5.11 Å². The Kier molecular flexibility index (Phi) is 3.12. The van der Waals surface area contributed by atoms with Crippen LogP contribution in [0.25, 0.3) is 0 Å². The lowest BCUT2D eigenvalue weighted by atomic mass is 9.86. The van der Waals surface area contributed by atoms with E-state index in [4.69, 9.17) is 0 Å². The van der Waals surface area contributed by atoms with Gasteiger partial charge >= 0.3 is 0 Å². The molecule has 0 saturated heterocycles. The SMILES string of the molecule is CC(C)CS[C@H]1C[C@@H]2[C@H](C[C@]1(C)O)C2(C)C. The molecule has 0 amide bonds. The molecule has 2 aliphatic rings. The second-order valence-corrected chi connectivity index (χ2v) is 8.28. The van der Waals surface area contributed by atoms with Crippen molar-refractivity contribution in [2.75, 3.05) is 5.75 Å². The van der Waals surface area contributed by atoms with Crippen molar-refractivity contribution in [3.8, 4) is 0 Å². The molecular weight excluding hydrogens is 216 g/mol. The first-order valence-corrected chi connectivity index (χ1v) is 7.64. The number of hydrogen-bond acceptors (Lipinski definition) is 2. The quantitative estimate of drug-likeness (QED) is 0.816. The van der Waals surface area contributed by atoms with E-state index in [1.54, 1.807) is 0 Å². The summed E-state index contributed by atoms with van der Waals surface area (Å²) in [6, 6.07) is 0. The second kappa shape index (κ2) is 3.91. The van der Waals surface area contributed by atoms with Crippen LogP contribution in [0.15, 0.2) is 0 Å². The summed E-state index contributed by atoms with van der Waals surface area (Å²) in [5.74, 6) is 3.56. The minimum atomic E-state index is -0.436. The van der Waals surface area contributed by atoms with Gasteiger partial charge in [-0.05, 0) is 48.7 Å². The summed E-state index contributed by atoms with van der Waals surface area (Å²) < 4.78 is 0. The summed E-state index contributed by atoms with van der Waals surface area (Å²) in [6.45, 7) is 11.3. The van der Waals surface area contributed by atoms with Gasteiger partial charge in [0.1, 0.15) is 0 Å². The highest BCUT2D eigenvalue weighted by Crippen LogP contribution is 2.67. The van der Waals surface area contributed by atoms with Crippen molar-refractivity contribution in [2.45, 2.75) is 58.3 Å². The third kappa shape index (κ3) is 2.15. The van der Waals surface area contributed by atoms with Gasteiger partial charge in [0.15, 0.2) is 0 Å². The van der Waals surface area contributed by atoms with Crippen LogP contribution in [0.2, 0.25) is 0 Å². The third-order valence-corrected chi connectivity index (χ3v) is 6.68. The van der Waals surface area contributed by atoms with E-state index in [1.807, 2.05) is 11.8 Å². The summed E-state index contributed by atoms with van der Waals surface area (Å²) in [6.07, 6.45) is 2.24. The molecule has 4 atom stereocenters. The molecule has 0 heterocycles. The minimum Gasteiger partial charge on any atom is -0.389 e. The van der Waals surface area contributed by atoms with Crippen LogP contribution in [0, 0.1) is 23.2 Å². The normalized spacial score (nSPS) is 45.6. The Morgan fingerprint density at radius 1 is 1.25 bits per heavy atom. The molecule has 0 radical (unpaired) electrons. The van der Waals surface area contributed by atoms with Gasteiger partial charge in [-0.2, -0.15) is 11.8 Å². The van der Waals surface area contributed by atoms with Crippen LogP contribution in [0.4, 0.5) is 0 Å². The molecule has 2 rings (SSSR count). The third-order valence-electron chi connectivity index (χ3n) is 4.71. The van der Waals surface area contributed by atoms with Crippen molar-refractivity contribution in [1.29, 1.82) is 0 Å². The van der Waals surface area contributed by atoms with Crippen LogP contribution in [0.3, 0.4) is 0 Å². The van der Waals surface area contributed by atoms with E-state index < -0.39 is 5.60 Å². The summed E-state index contributed by atoms with van der Waals surface area (Å²) in [4.78, 5) is 0. The number of rotatable bonds is 3. The van der Waals surface area contributed by atoms with E-state index in [0.717, 1.165) is 24.2 Å². The highest BCUT2D eigenvalue weighted by Gasteiger charge is 2.63. The largest absolute Gasteiger partial charge is 0.389 e. The molecule has 2 saturated carbocycles. The van der Waals surface area contributed by atoms with E-state index >= 15 is 0 Å². The second-order valence-electron chi connectivity index (χ2n) is 7.05. The highest BCUT2D eigenvalue weighted by molar-refractivity contribution is 8.00. The van der Waals surface area contributed by atoms with Gasteiger partial charge in [-0.15, -0.1) is 0 Å². The zero-order chi connectivity index (χ0) is 12.1. The maximum absolute atomic E-state index is 10.6. The van der Waals surface area contributed by atoms with Gasteiger partial charge in [-0.3, -0.25) is 0 Å². The van der Waals surface area contributed by atoms with E-state index in [1.165, 1.54) is 12.2 Å². The average molecular weight is 242 g/mol. The highest BCUT2D eigenvalue weighted by atomic mass is 32.2. The number of thioether (sulfide) groups is 1. The molecule has 94 valence electrons. The number of hydrogen-bond donors (Lipinski definition) is 1. The lowest BCUT2D eigenvalue weighted by Crippen LogP contribution is -2.41. The molecule has 0 spiro atoms. The Morgan fingerprint density at radius 3 is 2.44 bits per heavy atom. The van der Waals surface area contributed by atoms with Crippen molar-refractivity contribution >= 4 is 11.8 Å². The first-order valence-electron chi connectivity index (χ1n) is 6.59. The molecule has 0 unspecified atom stereocenters. The van der Waals surface area contributed by atoms with Crippen LogP contribution < -0.4 is 0 Å². The number of aliphatic hydroxyl groups is 1. The van der Waals surface area contributed by atoms with Crippen LogP contribution in [0.1, 0.15) is 47.5 Å². The molecule has 2 fully saturated rings. The first kappa shape index (κ1) is 12.8. The Hall–Kier alpha value is 0.310. The molecule has 2 aliphatic carbocycles. The number of fused-ring (bicyclic) bond motifs is 1. The molecule has 0 aromatic rings. The fourth-order valence-corrected chi connectivity index (χ4v) is 4.76. The van der Waals surface area contributed by atoms with Gasteiger partial charge < -0.3 is 5.11 Å². The molecule has 0 aromatic heterocycles. The first-order chi connectivity index (χ1) is 7.25. The van der Waals surface area contributed by atoms with E-state index in [-0.39, 0.29) is 0 Å². The predicted molar refractivity (Wildman–Crippen MR) is 71.7 cm³/mol. The van der Waals surface area contributed by atoms with Crippen molar-refractivity contribution in [3.05, 3.63) is 0 Å². The minimum absolute atomic E-state index is 0.436. The molecule has 0 bridgehead atoms. The zero-order valence-electron chi connectivity index (χ0n) is 11.3. The summed E-state index contributed by atoms with van der Waals surface area (Å²) in [5, 5.41) is 11.0. The Bertz CT molecular complexity index is 270. The fraction of sp³-hybridized carbons (Fsp3) is 1.00. The van der Waals surface area contributed by atoms with Crippen molar-refractivity contribution in [2.24, 2.45) is 23.2 Å². The average Bonchev–Trinajstić information content (AvgIpc) is 2.62. The summed E-state index contributed by atoms with van der Waals surface area (Å²) in [7, 11) is 0. The van der Waals surface area contributed by atoms with Crippen LogP contribution in [-0.4, -0.2) is 21.7 Å². The molecule has 0 aliphatic heterocycles. The molecule has 2 heteroatoms. The lowest BCUT2D eigenvalue weighted by molar-refractivity contribution is 0.0244. The predicted octanol–water partition coefficient (Wildman–Crippen LogP) is 3.56. The van der Waals surface area contributed by atoms with Crippen LogP contribution in [-0.2, 0) is 0 Å². The Labute approximate surface area is 104 Å². The molecule has 1 N–H and O–H groups in total. The topological polar surface area (TPSA) is 20.2 Å². The van der Waals surface area contributed by atoms with Crippen LogP contribution in [0.5, 0.6) is 0 Å². The summed E-state index contributed by atoms with van der Waals surface area (Å²) >= 11 is 1.99. The maximum atomic E-state index is 10.6. The molecule has 0 aromatic carbocycles. The van der Waals surface area contributed by atoms with E-state index in [2.05, 4.69) is 34.6 Å². The lowest BCUT2D eigenvalue weighted by Gasteiger charge is -2.36. The fourth-order valence-electron chi connectivity index (χ4n) is 3.35. The van der Waals surface area contributed by atoms with Crippen molar-refractivity contribution in [3.63, 3.8) is 0 Å². The molecule has 16 heavy (non-hydrogen) atoms. The zero-order valence-corrected chi connectivity index (χ0v) is 12.1. The molecule has 1 nitrogen and oxygen atoms in total. The molecular formula is C14H26OS. The summed E-state index contributed by atoms with van der Waals surface area (Å²) in [5.41, 5.74) is 0.0611. The van der Waals surface area contributed by atoms with Crippen LogP contribution >= 0.6 is 11.8 Å². The standard InChI is InChI=1S/C14H26OS/c1-9(2)8-16-12-6-10-11(13(10,3)4)7-14(12,5)15/h9-12,15H,6-8H2,1-5H3/t10-,11+,12+,14+/m1/s1. The monoisotopic (exact) mass is 242 g/mol. The van der Waals surface area contributed by atoms with Gasteiger partial charge in [0.2, 0.25) is 0 Å². The van der Waals surface area contributed by atoms with Crippen molar-refractivity contribution in [1.82, 2.24) is 0 Å². The Morgan fingerprint density at radius 2 is 1.88 bits per heavy atom. The maximum Gasteiger partial charge on any atom is 0.0740 e. The Balaban J connectivity index is 1.97. The van der Waals surface area contributed by atoms with Gasteiger partial charge in [0, 0.05) is 5.25 Å². The van der Waals surface area contributed by atoms with E-state index in [0.29, 0.717) is 10.7 Å². The van der Waals surface area contributed by atoms with E-state index in [9.17, 15) is 5.11 Å². The van der Waals surface area contributed by atoms with Gasteiger partial charge in [0.05, 0.1) is 5.60 Å². The van der Waals surface area contributed by atoms with Gasteiger partial charge in [-0.1, -0.05) is 27.7 Å². The smallest absolute Gasteiger partial charge is 0.0740 e. The van der Waals surface area contributed by atoms with Gasteiger partial charge in [0.25, 0.3) is 0 Å². The van der Waals surface area contributed by atoms with Gasteiger partial charge in [-0.25, -0.2) is 0 Å².